The minimum absolute atomic E-state index is 0.109. The molecular formula is C17H18BrNO. The van der Waals surface area contributed by atoms with Crippen molar-refractivity contribution >= 4 is 15.9 Å². The fraction of sp³-hybridized carbons (Fsp3) is 0.294. The highest BCUT2D eigenvalue weighted by Gasteiger charge is 2.23. The summed E-state index contributed by atoms with van der Waals surface area (Å²) in [7, 11) is 0. The molecule has 0 aromatic heterocycles. The molecule has 0 heterocycles. The zero-order valence-corrected chi connectivity index (χ0v) is 12.9. The van der Waals surface area contributed by atoms with Crippen LogP contribution in [-0.2, 0) is 19.6 Å². The van der Waals surface area contributed by atoms with Crippen LogP contribution in [0.3, 0.4) is 0 Å². The topological polar surface area (TPSA) is 32.3 Å². The quantitative estimate of drug-likeness (QED) is 0.894. The fourth-order valence-electron chi connectivity index (χ4n) is 2.83. The van der Waals surface area contributed by atoms with Gasteiger partial charge in [0.15, 0.2) is 0 Å². The molecule has 2 aromatic carbocycles. The van der Waals surface area contributed by atoms with Gasteiger partial charge in [-0.25, -0.2) is 0 Å². The predicted molar refractivity (Wildman–Crippen MR) is 84.4 cm³/mol. The molecule has 20 heavy (non-hydrogen) atoms. The van der Waals surface area contributed by atoms with E-state index in [1.165, 1.54) is 21.2 Å². The van der Waals surface area contributed by atoms with E-state index in [-0.39, 0.29) is 6.61 Å². The summed E-state index contributed by atoms with van der Waals surface area (Å²) in [5, 5.41) is 12.7. The molecule has 3 heteroatoms. The maximum absolute atomic E-state index is 9.05. The molecule has 0 amide bonds. The first-order chi connectivity index (χ1) is 9.78. The molecule has 0 spiro atoms. The first-order valence-corrected chi connectivity index (χ1v) is 7.76. The highest BCUT2D eigenvalue weighted by molar-refractivity contribution is 9.10. The summed E-state index contributed by atoms with van der Waals surface area (Å²) in [4.78, 5) is 0. The maximum atomic E-state index is 9.05. The highest BCUT2D eigenvalue weighted by Crippen LogP contribution is 2.35. The lowest BCUT2D eigenvalue weighted by molar-refractivity contribution is 0.282. The second-order valence-electron chi connectivity index (χ2n) is 5.25. The van der Waals surface area contributed by atoms with Crippen LogP contribution in [0.4, 0.5) is 0 Å². The van der Waals surface area contributed by atoms with Gasteiger partial charge in [-0.15, -0.1) is 0 Å². The van der Waals surface area contributed by atoms with Gasteiger partial charge in [0.25, 0.3) is 0 Å². The van der Waals surface area contributed by atoms with E-state index < -0.39 is 0 Å². The lowest BCUT2D eigenvalue weighted by Gasteiger charge is -2.14. The summed E-state index contributed by atoms with van der Waals surface area (Å²) in [5.41, 5.74) is 5.08. The molecule has 3 rings (SSSR count). The molecule has 0 saturated carbocycles. The van der Waals surface area contributed by atoms with Gasteiger partial charge >= 0.3 is 0 Å². The minimum atomic E-state index is 0.109. The lowest BCUT2D eigenvalue weighted by Crippen LogP contribution is -2.18. The number of hydrogen-bond acceptors (Lipinski definition) is 2. The number of halogens is 1. The van der Waals surface area contributed by atoms with Crippen LogP contribution in [0.5, 0.6) is 0 Å². The SMILES string of the molecule is OCc1ccc(CNC2CCc3c(Br)cccc32)cc1. The Morgan fingerprint density at radius 2 is 1.85 bits per heavy atom. The summed E-state index contributed by atoms with van der Waals surface area (Å²) in [6.45, 7) is 0.972. The van der Waals surface area contributed by atoms with E-state index in [1.54, 1.807) is 0 Å². The molecule has 0 bridgehead atoms. The van der Waals surface area contributed by atoms with Crippen LogP contribution in [0.15, 0.2) is 46.9 Å². The molecule has 2 aromatic rings. The Labute approximate surface area is 128 Å². The third-order valence-electron chi connectivity index (χ3n) is 3.97. The average Bonchev–Trinajstić information content (AvgIpc) is 2.90. The molecule has 0 aliphatic heterocycles. The van der Waals surface area contributed by atoms with Gasteiger partial charge in [0.2, 0.25) is 0 Å². The van der Waals surface area contributed by atoms with Crippen molar-refractivity contribution in [3.8, 4) is 0 Å². The van der Waals surface area contributed by atoms with Gasteiger partial charge in [-0.2, -0.15) is 0 Å². The van der Waals surface area contributed by atoms with Gasteiger partial charge in [0.1, 0.15) is 0 Å². The lowest BCUT2D eigenvalue weighted by atomic mass is 10.1. The second-order valence-corrected chi connectivity index (χ2v) is 6.11. The fourth-order valence-corrected chi connectivity index (χ4v) is 3.41. The normalized spacial score (nSPS) is 17.2. The number of fused-ring (bicyclic) bond motifs is 1. The number of hydrogen-bond donors (Lipinski definition) is 2. The van der Waals surface area contributed by atoms with Gasteiger partial charge in [-0.1, -0.05) is 52.3 Å². The standard InChI is InChI=1S/C17H18BrNO/c18-16-3-1-2-15-14(16)8-9-17(15)19-10-12-4-6-13(11-20)7-5-12/h1-7,17,19-20H,8-11H2. The molecule has 1 unspecified atom stereocenters. The minimum Gasteiger partial charge on any atom is -0.392 e. The van der Waals surface area contributed by atoms with Gasteiger partial charge < -0.3 is 10.4 Å². The van der Waals surface area contributed by atoms with Crippen molar-refractivity contribution in [3.63, 3.8) is 0 Å². The number of rotatable bonds is 4. The van der Waals surface area contributed by atoms with E-state index in [4.69, 9.17) is 5.11 Å². The van der Waals surface area contributed by atoms with Crippen molar-refractivity contribution in [3.05, 3.63) is 69.2 Å². The van der Waals surface area contributed by atoms with Gasteiger partial charge in [0.05, 0.1) is 6.61 Å². The van der Waals surface area contributed by atoms with Crippen LogP contribution in [0.2, 0.25) is 0 Å². The van der Waals surface area contributed by atoms with Crippen molar-refractivity contribution < 1.29 is 5.11 Å². The number of benzene rings is 2. The van der Waals surface area contributed by atoms with Gasteiger partial charge in [-0.3, -0.25) is 0 Å². The van der Waals surface area contributed by atoms with Crippen LogP contribution < -0.4 is 5.32 Å². The molecule has 1 aliphatic rings. The Hall–Kier alpha value is -1.16. The van der Waals surface area contributed by atoms with Crippen LogP contribution in [0, 0.1) is 0 Å². The molecule has 0 fully saturated rings. The Bertz CT molecular complexity index is 594. The summed E-state index contributed by atoms with van der Waals surface area (Å²) in [6.07, 6.45) is 2.30. The van der Waals surface area contributed by atoms with E-state index in [0.717, 1.165) is 24.9 Å². The summed E-state index contributed by atoms with van der Waals surface area (Å²) in [6, 6.07) is 15.0. The monoisotopic (exact) mass is 331 g/mol. The molecule has 0 radical (unpaired) electrons. The zero-order chi connectivity index (χ0) is 13.9. The van der Waals surface area contributed by atoms with E-state index >= 15 is 0 Å². The smallest absolute Gasteiger partial charge is 0.0681 e. The third-order valence-corrected chi connectivity index (χ3v) is 4.71. The van der Waals surface area contributed by atoms with Crippen LogP contribution in [0.1, 0.15) is 34.7 Å². The van der Waals surface area contributed by atoms with E-state index in [9.17, 15) is 0 Å². The third kappa shape index (κ3) is 2.80. The largest absolute Gasteiger partial charge is 0.392 e. The van der Waals surface area contributed by atoms with Gasteiger partial charge in [0, 0.05) is 17.1 Å². The van der Waals surface area contributed by atoms with Crippen molar-refractivity contribution in [2.75, 3.05) is 0 Å². The van der Waals surface area contributed by atoms with E-state index in [1.807, 2.05) is 12.1 Å². The van der Waals surface area contributed by atoms with Crippen LogP contribution in [0.25, 0.3) is 0 Å². The molecular weight excluding hydrogens is 314 g/mol. The van der Waals surface area contributed by atoms with E-state index in [0.29, 0.717) is 6.04 Å². The predicted octanol–water partition coefficient (Wildman–Crippen LogP) is 3.72. The molecule has 2 N–H and O–H groups in total. The van der Waals surface area contributed by atoms with Crippen molar-refractivity contribution in [1.29, 1.82) is 0 Å². The Morgan fingerprint density at radius 1 is 1.10 bits per heavy atom. The van der Waals surface area contributed by atoms with Gasteiger partial charge in [-0.05, 0) is 41.2 Å². The zero-order valence-electron chi connectivity index (χ0n) is 11.3. The Balaban J connectivity index is 1.67. The molecule has 104 valence electrons. The maximum Gasteiger partial charge on any atom is 0.0681 e. The Morgan fingerprint density at radius 3 is 2.60 bits per heavy atom. The molecule has 1 atom stereocenters. The summed E-state index contributed by atoms with van der Waals surface area (Å²) >= 11 is 3.64. The number of aliphatic hydroxyl groups is 1. The number of aliphatic hydroxyl groups excluding tert-OH is 1. The Kier molecular flexibility index (Phi) is 4.20. The highest BCUT2D eigenvalue weighted by atomic mass is 79.9. The van der Waals surface area contributed by atoms with Crippen LogP contribution in [-0.4, -0.2) is 5.11 Å². The summed E-state index contributed by atoms with van der Waals surface area (Å²) < 4.78 is 1.23. The van der Waals surface area contributed by atoms with Crippen molar-refractivity contribution in [2.45, 2.75) is 32.0 Å². The molecule has 0 saturated heterocycles. The molecule has 1 aliphatic carbocycles. The van der Waals surface area contributed by atoms with E-state index in [2.05, 4.69) is 51.6 Å². The summed E-state index contributed by atoms with van der Waals surface area (Å²) in [5.74, 6) is 0. The first-order valence-electron chi connectivity index (χ1n) is 6.97. The van der Waals surface area contributed by atoms with Crippen molar-refractivity contribution in [2.24, 2.45) is 0 Å². The first kappa shape index (κ1) is 13.8. The second kappa shape index (κ2) is 6.08. The number of nitrogens with one attached hydrogen (secondary N) is 1. The van der Waals surface area contributed by atoms with Crippen molar-refractivity contribution in [1.82, 2.24) is 5.32 Å². The average molecular weight is 332 g/mol. The van der Waals surface area contributed by atoms with Crippen LogP contribution >= 0.6 is 15.9 Å². The molecule has 2 nitrogen and oxygen atoms in total.